The quantitative estimate of drug-likeness (QED) is 0.879. The van der Waals surface area contributed by atoms with E-state index >= 15 is 0 Å². The molecule has 2 heteroatoms. The summed E-state index contributed by atoms with van der Waals surface area (Å²) in [6.07, 6.45) is 2.79. The second-order valence-electron chi connectivity index (χ2n) is 5.99. The summed E-state index contributed by atoms with van der Waals surface area (Å²) in [6.45, 7) is 7.34. The molecule has 98 valence electrons. The molecule has 2 fully saturated rings. The van der Waals surface area contributed by atoms with Crippen molar-refractivity contribution in [3.05, 3.63) is 35.9 Å². The number of nitrogens with zero attached hydrogens (tertiary/aromatic N) is 1. The fourth-order valence-electron chi connectivity index (χ4n) is 3.56. The van der Waals surface area contributed by atoms with Crippen LogP contribution in [0.25, 0.3) is 0 Å². The highest BCUT2D eigenvalue weighted by Gasteiger charge is 2.34. The fraction of sp³-hybridized carbons (Fsp3) is 0.625. The fourth-order valence-corrected chi connectivity index (χ4v) is 3.56. The molecule has 2 aliphatic heterocycles. The highest BCUT2D eigenvalue weighted by atomic mass is 15.2. The van der Waals surface area contributed by atoms with Crippen LogP contribution in [0.4, 0.5) is 0 Å². The van der Waals surface area contributed by atoms with E-state index in [1.165, 1.54) is 44.6 Å². The average molecular weight is 244 g/mol. The van der Waals surface area contributed by atoms with Gasteiger partial charge >= 0.3 is 0 Å². The maximum absolute atomic E-state index is 3.68. The zero-order chi connectivity index (χ0) is 12.4. The van der Waals surface area contributed by atoms with Gasteiger partial charge < -0.3 is 10.2 Å². The van der Waals surface area contributed by atoms with Gasteiger partial charge in [0.05, 0.1) is 0 Å². The van der Waals surface area contributed by atoms with Gasteiger partial charge in [0.2, 0.25) is 0 Å². The maximum Gasteiger partial charge on any atom is 0.0235 e. The van der Waals surface area contributed by atoms with E-state index < -0.39 is 0 Å². The lowest BCUT2D eigenvalue weighted by molar-refractivity contribution is 0.305. The molecule has 2 aliphatic rings. The standard InChI is InChI=1S/C16H24N2/c1-13(14-6-3-2-4-7-14)10-18-11-15-8-5-9-17-16(15)12-18/h2-4,6-7,13,15-17H,5,8-12H2,1H3/t13?,15-,16+/m0/s1. The largest absolute Gasteiger partial charge is 0.312 e. The Hall–Kier alpha value is -0.860. The monoisotopic (exact) mass is 244 g/mol. The predicted molar refractivity (Wildman–Crippen MR) is 75.8 cm³/mol. The zero-order valence-electron chi connectivity index (χ0n) is 11.3. The van der Waals surface area contributed by atoms with Crippen molar-refractivity contribution in [2.45, 2.75) is 31.7 Å². The molecule has 2 heterocycles. The van der Waals surface area contributed by atoms with Crippen LogP contribution < -0.4 is 5.32 Å². The summed E-state index contributed by atoms with van der Waals surface area (Å²) in [5.41, 5.74) is 1.47. The first-order chi connectivity index (χ1) is 8.83. The third kappa shape index (κ3) is 2.60. The number of likely N-dealkylation sites (tertiary alicyclic amines) is 1. The van der Waals surface area contributed by atoms with Crippen LogP contribution in [0.1, 0.15) is 31.2 Å². The van der Waals surface area contributed by atoms with Crippen LogP contribution in [0.15, 0.2) is 30.3 Å². The van der Waals surface area contributed by atoms with Gasteiger partial charge in [-0.2, -0.15) is 0 Å². The van der Waals surface area contributed by atoms with E-state index in [0.717, 1.165) is 12.0 Å². The van der Waals surface area contributed by atoms with Gasteiger partial charge in [-0.3, -0.25) is 0 Å². The number of hydrogen-bond acceptors (Lipinski definition) is 2. The molecule has 18 heavy (non-hydrogen) atoms. The van der Waals surface area contributed by atoms with E-state index in [9.17, 15) is 0 Å². The third-order valence-corrected chi connectivity index (χ3v) is 4.58. The molecule has 0 spiro atoms. The van der Waals surface area contributed by atoms with Gasteiger partial charge in [-0.05, 0) is 36.8 Å². The van der Waals surface area contributed by atoms with Gasteiger partial charge in [0.25, 0.3) is 0 Å². The molecule has 1 aromatic rings. The number of rotatable bonds is 3. The molecule has 2 saturated heterocycles. The minimum atomic E-state index is 0.645. The minimum absolute atomic E-state index is 0.645. The van der Waals surface area contributed by atoms with Gasteiger partial charge in [-0.25, -0.2) is 0 Å². The maximum atomic E-state index is 3.68. The second kappa shape index (κ2) is 5.41. The first-order valence-electron chi connectivity index (χ1n) is 7.33. The summed E-state index contributed by atoms with van der Waals surface area (Å²) in [4.78, 5) is 2.66. The van der Waals surface area contributed by atoms with Crippen LogP contribution in [0, 0.1) is 5.92 Å². The normalized spacial score (nSPS) is 30.1. The lowest BCUT2D eigenvalue weighted by Gasteiger charge is -2.24. The molecule has 0 aliphatic carbocycles. The highest BCUT2D eigenvalue weighted by Crippen LogP contribution is 2.27. The van der Waals surface area contributed by atoms with Crippen molar-refractivity contribution in [1.82, 2.24) is 10.2 Å². The smallest absolute Gasteiger partial charge is 0.0235 e. The first-order valence-corrected chi connectivity index (χ1v) is 7.33. The first kappa shape index (κ1) is 12.2. The predicted octanol–water partition coefficient (Wildman–Crippen LogP) is 2.47. The molecule has 0 amide bonds. The van der Waals surface area contributed by atoms with E-state index in [0.29, 0.717) is 5.92 Å². The van der Waals surface area contributed by atoms with Gasteiger partial charge in [0.15, 0.2) is 0 Å². The highest BCUT2D eigenvalue weighted by molar-refractivity contribution is 5.19. The Labute approximate surface area is 110 Å². The number of piperidine rings is 1. The molecular weight excluding hydrogens is 220 g/mol. The SMILES string of the molecule is CC(CN1C[C@@H]2CCCN[C@@H]2C1)c1ccccc1. The van der Waals surface area contributed by atoms with Crippen molar-refractivity contribution < 1.29 is 0 Å². The number of hydrogen-bond donors (Lipinski definition) is 1. The van der Waals surface area contributed by atoms with Gasteiger partial charge in [-0.15, -0.1) is 0 Å². The summed E-state index contributed by atoms with van der Waals surface area (Å²) in [6, 6.07) is 11.7. The Morgan fingerprint density at radius 1 is 1.28 bits per heavy atom. The molecule has 3 rings (SSSR count). The summed E-state index contributed by atoms with van der Waals surface area (Å²) >= 11 is 0. The molecule has 0 saturated carbocycles. The van der Waals surface area contributed by atoms with Gasteiger partial charge in [-0.1, -0.05) is 37.3 Å². The van der Waals surface area contributed by atoms with Crippen molar-refractivity contribution in [1.29, 1.82) is 0 Å². The van der Waals surface area contributed by atoms with Crippen molar-refractivity contribution >= 4 is 0 Å². The van der Waals surface area contributed by atoms with Gasteiger partial charge in [0.1, 0.15) is 0 Å². The molecule has 0 bridgehead atoms. The Bertz CT molecular complexity index is 362. The van der Waals surface area contributed by atoms with E-state index in [2.05, 4.69) is 47.5 Å². The van der Waals surface area contributed by atoms with Crippen LogP contribution in [0.5, 0.6) is 0 Å². The Kier molecular flexibility index (Phi) is 3.67. The summed E-state index contributed by atoms with van der Waals surface area (Å²) in [5, 5.41) is 3.68. The van der Waals surface area contributed by atoms with E-state index in [-0.39, 0.29) is 0 Å². The molecule has 1 N–H and O–H groups in total. The van der Waals surface area contributed by atoms with E-state index in [4.69, 9.17) is 0 Å². The second-order valence-corrected chi connectivity index (χ2v) is 5.99. The minimum Gasteiger partial charge on any atom is -0.312 e. The van der Waals surface area contributed by atoms with Crippen LogP contribution >= 0.6 is 0 Å². The van der Waals surface area contributed by atoms with Gasteiger partial charge in [0, 0.05) is 25.7 Å². The molecule has 0 radical (unpaired) electrons. The van der Waals surface area contributed by atoms with Crippen molar-refractivity contribution in [2.24, 2.45) is 5.92 Å². The molecule has 0 aromatic heterocycles. The Morgan fingerprint density at radius 2 is 2.11 bits per heavy atom. The van der Waals surface area contributed by atoms with Crippen LogP contribution in [0.2, 0.25) is 0 Å². The average Bonchev–Trinajstić information content (AvgIpc) is 2.82. The lowest BCUT2D eigenvalue weighted by atomic mass is 9.94. The summed E-state index contributed by atoms with van der Waals surface area (Å²) in [7, 11) is 0. The molecule has 1 aromatic carbocycles. The Morgan fingerprint density at radius 3 is 2.89 bits per heavy atom. The number of fused-ring (bicyclic) bond motifs is 1. The molecular formula is C16H24N2. The van der Waals surface area contributed by atoms with E-state index in [1.54, 1.807) is 0 Å². The molecule has 1 unspecified atom stereocenters. The topological polar surface area (TPSA) is 15.3 Å². The van der Waals surface area contributed by atoms with Crippen molar-refractivity contribution in [3.8, 4) is 0 Å². The lowest BCUT2D eigenvalue weighted by Crippen LogP contribution is -2.40. The van der Waals surface area contributed by atoms with Crippen LogP contribution in [-0.4, -0.2) is 37.1 Å². The third-order valence-electron chi connectivity index (χ3n) is 4.58. The summed E-state index contributed by atoms with van der Waals surface area (Å²) < 4.78 is 0. The molecule has 3 atom stereocenters. The molecule has 2 nitrogen and oxygen atoms in total. The summed E-state index contributed by atoms with van der Waals surface area (Å²) in [5.74, 6) is 1.55. The van der Waals surface area contributed by atoms with Crippen LogP contribution in [0.3, 0.4) is 0 Å². The zero-order valence-corrected chi connectivity index (χ0v) is 11.3. The Balaban J connectivity index is 1.57. The number of nitrogens with one attached hydrogen (secondary N) is 1. The van der Waals surface area contributed by atoms with E-state index in [1.807, 2.05) is 0 Å². The van der Waals surface area contributed by atoms with Crippen LogP contribution in [-0.2, 0) is 0 Å². The number of benzene rings is 1. The van der Waals surface area contributed by atoms with Crippen molar-refractivity contribution in [3.63, 3.8) is 0 Å². The van der Waals surface area contributed by atoms with Crippen molar-refractivity contribution in [2.75, 3.05) is 26.2 Å².